The van der Waals surface area contributed by atoms with E-state index in [9.17, 15) is 9.00 Å². The number of halogens is 1. The van der Waals surface area contributed by atoms with E-state index >= 15 is 0 Å². The highest BCUT2D eigenvalue weighted by atomic mass is 35.5. The smallest absolute Gasteiger partial charge is 0.239 e. The molecule has 1 aliphatic rings. The summed E-state index contributed by atoms with van der Waals surface area (Å²) in [5, 5.41) is 0.653. The summed E-state index contributed by atoms with van der Waals surface area (Å²) >= 11 is 5.85. The Balaban J connectivity index is 1.65. The van der Waals surface area contributed by atoms with E-state index in [4.69, 9.17) is 11.6 Å². The van der Waals surface area contributed by atoms with E-state index in [0.717, 1.165) is 24.1 Å². The van der Waals surface area contributed by atoms with Gasteiger partial charge in [0, 0.05) is 33.8 Å². The van der Waals surface area contributed by atoms with E-state index in [1.807, 2.05) is 30.3 Å². The number of anilines is 1. The fourth-order valence-corrected chi connectivity index (χ4v) is 4.05. The number of rotatable bonds is 4. The third-order valence-corrected chi connectivity index (χ3v) is 5.41. The maximum Gasteiger partial charge on any atom is 0.239 e. The Kier molecular flexibility index (Phi) is 5.13. The zero-order valence-corrected chi connectivity index (χ0v) is 14.3. The van der Waals surface area contributed by atoms with Gasteiger partial charge in [0.05, 0.1) is 0 Å². The highest BCUT2D eigenvalue weighted by Gasteiger charge is 2.23. The second kappa shape index (κ2) is 7.28. The Hall–Kier alpha value is -1.65. The molecular formula is C18H18ClNO2S. The number of carbonyl (C=O) groups excluding carboxylic acids is 1. The second-order valence-electron chi connectivity index (χ2n) is 5.63. The number of amides is 1. The number of fused-ring (bicyclic) bond motifs is 1. The van der Waals surface area contributed by atoms with Crippen molar-refractivity contribution < 1.29 is 9.00 Å². The molecule has 0 bridgehead atoms. The predicted molar refractivity (Wildman–Crippen MR) is 95.3 cm³/mol. The molecule has 120 valence electrons. The summed E-state index contributed by atoms with van der Waals surface area (Å²) in [4.78, 5) is 14.3. The van der Waals surface area contributed by atoms with Gasteiger partial charge in [0.25, 0.3) is 0 Å². The van der Waals surface area contributed by atoms with E-state index in [2.05, 4.69) is 6.07 Å². The highest BCUT2D eigenvalue weighted by Crippen LogP contribution is 2.26. The van der Waals surface area contributed by atoms with Crippen molar-refractivity contribution in [1.29, 1.82) is 0 Å². The Morgan fingerprint density at radius 2 is 1.87 bits per heavy atom. The molecule has 2 aromatic rings. The molecule has 5 heteroatoms. The molecule has 0 fully saturated rings. The van der Waals surface area contributed by atoms with Crippen LogP contribution in [0, 0.1) is 0 Å². The average Bonchev–Trinajstić information content (AvgIpc) is 2.56. The number of hydrogen-bond donors (Lipinski definition) is 0. The van der Waals surface area contributed by atoms with Gasteiger partial charge in [-0.15, -0.1) is 0 Å². The monoisotopic (exact) mass is 347 g/mol. The number of benzene rings is 2. The first-order chi connectivity index (χ1) is 11.1. The summed E-state index contributed by atoms with van der Waals surface area (Å²) in [5.41, 5.74) is 3.09. The number of nitrogens with zero attached hydrogens (tertiary/aromatic N) is 1. The van der Waals surface area contributed by atoms with Crippen molar-refractivity contribution in [3.8, 4) is 0 Å². The van der Waals surface area contributed by atoms with Gasteiger partial charge in [-0.1, -0.05) is 41.9 Å². The molecule has 3 nitrogen and oxygen atoms in total. The van der Waals surface area contributed by atoms with E-state index in [1.54, 1.807) is 17.0 Å². The topological polar surface area (TPSA) is 37.4 Å². The van der Waals surface area contributed by atoms with Crippen molar-refractivity contribution in [2.45, 2.75) is 18.6 Å². The average molecular weight is 348 g/mol. The maximum atomic E-state index is 12.5. The van der Waals surface area contributed by atoms with Crippen LogP contribution in [0.1, 0.15) is 17.5 Å². The van der Waals surface area contributed by atoms with Crippen LogP contribution in [0.25, 0.3) is 0 Å². The van der Waals surface area contributed by atoms with Crippen LogP contribution in [-0.2, 0) is 27.8 Å². The zero-order chi connectivity index (χ0) is 16.2. The van der Waals surface area contributed by atoms with Gasteiger partial charge in [-0.25, -0.2) is 0 Å². The molecule has 1 atom stereocenters. The van der Waals surface area contributed by atoms with E-state index < -0.39 is 10.8 Å². The third kappa shape index (κ3) is 4.01. The highest BCUT2D eigenvalue weighted by molar-refractivity contribution is 7.84. The van der Waals surface area contributed by atoms with E-state index in [0.29, 0.717) is 17.3 Å². The number of aryl methyl sites for hydroxylation is 1. The van der Waals surface area contributed by atoms with Crippen LogP contribution in [0.5, 0.6) is 0 Å². The van der Waals surface area contributed by atoms with Gasteiger partial charge in [-0.3, -0.25) is 9.00 Å². The molecule has 0 aromatic heterocycles. The van der Waals surface area contributed by atoms with Crippen LogP contribution in [0.15, 0.2) is 48.5 Å². The lowest BCUT2D eigenvalue weighted by atomic mass is 10.0. The van der Waals surface area contributed by atoms with Crippen molar-refractivity contribution in [3.63, 3.8) is 0 Å². The minimum atomic E-state index is -1.22. The second-order valence-corrected chi connectivity index (χ2v) is 7.53. The van der Waals surface area contributed by atoms with E-state index in [-0.39, 0.29) is 11.7 Å². The van der Waals surface area contributed by atoms with Gasteiger partial charge in [0.1, 0.15) is 5.75 Å². The van der Waals surface area contributed by atoms with Gasteiger partial charge in [0.2, 0.25) is 5.91 Å². The Labute approximate surface area is 143 Å². The minimum absolute atomic E-state index is 0.0525. The summed E-state index contributed by atoms with van der Waals surface area (Å²) in [6, 6.07) is 15.2. The Bertz CT molecular complexity index is 730. The molecule has 0 saturated carbocycles. The van der Waals surface area contributed by atoms with Crippen LogP contribution >= 0.6 is 11.6 Å². The van der Waals surface area contributed by atoms with Gasteiger partial charge < -0.3 is 4.90 Å². The molecular weight excluding hydrogens is 330 g/mol. The maximum absolute atomic E-state index is 12.5. The fourth-order valence-electron chi connectivity index (χ4n) is 2.83. The summed E-state index contributed by atoms with van der Waals surface area (Å²) in [5.74, 6) is 0.361. The van der Waals surface area contributed by atoms with Crippen molar-refractivity contribution in [3.05, 3.63) is 64.7 Å². The van der Waals surface area contributed by atoms with Gasteiger partial charge in [-0.2, -0.15) is 0 Å². The summed E-state index contributed by atoms with van der Waals surface area (Å²) in [7, 11) is -1.22. The van der Waals surface area contributed by atoms with Crippen molar-refractivity contribution in [2.75, 3.05) is 17.2 Å². The Morgan fingerprint density at radius 1 is 1.13 bits per heavy atom. The largest absolute Gasteiger partial charge is 0.311 e. The molecule has 23 heavy (non-hydrogen) atoms. The molecule has 0 saturated heterocycles. The van der Waals surface area contributed by atoms with Crippen LogP contribution < -0.4 is 4.90 Å². The minimum Gasteiger partial charge on any atom is -0.311 e. The van der Waals surface area contributed by atoms with Gasteiger partial charge >= 0.3 is 0 Å². The Morgan fingerprint density at radius 3 is 2.65 bits per heavy atom. The molecule has 0 aliphatic carbocycles. The fraction of sp³-hybridized carbons (Fsp3) is 0.278. The van der Waals surface area contributed by atoms with Crippen LogP contribution in [0.3, 0.4) is 0 Å². The summed E-state index contributed by atoms with van der Waals surface area (Å²) in [6.45, 7) is 0.702. The van der Waals surface area contributed by atoms with Gasteiger partial charge in [-0.05, 0) is 42.2 Å². The number of para-hydroxylation sites is 1. The molecule has 1 aliphatic heterocycles. The predicted octanol–water partition coefficient (Wildman–Crippen LogP) is 3.57. The lowest BCUT2D eigenvalue weighted by molar-refractivity contribution is -0.116. The number of hydrogen-bond acceptors (Lipinski definition) is 2. The molecule has 0 radical (unpaired) electrons. The zero-order valence-electron chi connectivity index (χ0n) is 12.7. The van der Waals surface area contributed by atoms with E-state index in [1.165, 1.54) is 5.56 Å². The van der Waals surface area contributed by atoms with Crippen molar-refractivity contribution in [1.82, 2.24) is 0 Å². The number of carbonyl (C=O) groups is 1. The molecule has 0 spiro atoms. The summed E-state index contributed by atoms with van der Waals surface area (Å²) in [6.07, 6.45) is 1.94. The molecule has 0 N–H and O–H groups in total. The van der Waals surface area contributed by atoms with Crippen LogP contribution in [0.4, 0.5) is 5.69 Å². The van der Waals surface area contributed by atoms with Gasteiger partial charge in [0.15, 0.2) is 0 Å². The molecule has 1 unspecified atom stereocenters. The van der Waals surface area contributed by atoms with Crippen LogP contribution in [0.2, 0.25) is 5.02 Å². The first-order valence-electron chi connectivity index (χ1n) is 7.61. The standard InChI is InChI=1S/C18H18ClNO2S/c19-16-9-7-14(8-10-16)12-23(22)13-18(21)20-11-3-5-15-4-1-2-6-17(15)20/h1-2,4,6-10H,3,5,11-13H2. The lowest BCUT2D eigenvalue weighted by Gasteiger charge is -2.29. The van der Waals surface area contributed by atoms with Crippen LogP contribution in [-0.4, -0.2) is 22.4 Å². The summed E-state index contributed by atoms with van der Waals surface area (Å²) < 4.78 is 12.3. The molecule has 2 aromatic carbocycles. The first kappa shape index (κ1) is 16.2. The first-order valence-corrected chi connectivity index (χ1v) is 9.48. The quantitative estimate of drug-likeness (QED) is 0.848. The SMILES string of the molecule is O=C(CS(=O)Cc1ccc(Cl)cc1)N1CCCc2ccccc21. The van der Waals surface area contributed by atoms with Crippen molar-refractivity contribution in [2.24, 2.45) is 0 Å². The normalized spacial score (nSPS) is 15.1. The van der Waals surface area contributed by atoms with Crippen molar-refractivity contribution >= 4 is 34.0 Å². The third-order valence-electron chi connectivity index (χ3n) is 3.94. The molecule has 1 amide bonds. The molecule has 3 rings (SSSR count). The molecule has 1 heterocycles. The lowest BCUT2D eigenvalue weighted by Crippen LogP contribution is -2.38.